The van der Waals surface area contributed by atoms with Crippen LogP contribution in [0.2, 0.25) is 0 Å². The predicted molar refractivity (Wildman–Crippen MR) is 47.7 cm³/mol. The lowest BCUT2D eigenvalue weighted by Crippen LogP contribution is -2.61. The fraction of sp³-hybridized carbons (Fsp3) is 0.545. The largest absolute Gasteiger partial charge is 0.352 e. The Hall–Kier alpha value is -1.05. The third-order valence-electron chi connectivity index (χ3n) is 4.13. The smallest absolute Gasteiger partial charge is 0.226 e. The third-order valence-corrected chi connectivity index (χ3v) is 4.13. The van der Waals surface area contributed by atoms with Gasteiger partial charge in [-0.05, 0) is 17.8 Å². The van der Waals surface area contributed by atoms with E-state index in [1.54, 1.807) is 0 Å². The van der Waals surface area contributed by atoms with Gasteiger partial charge in [-0.1, -0.05) is 24.3 Å². The lowest BCUT2D eigenvalue weighted by molar-refractivity contribution is -0.136. The molecular formula is C11H11NO. The molecule has 13 heavy (non-hydrogen) atoms. The van der Waals surface area contributed by atoms with Crippen LogP contribution in [0.1, 0.15) is 0 Å². The van der Waals surface area contributed by atoms with Gasteiger partial charge in [0.2, 0.25) is 5.91 Å². The predicted octanol–water partition coefficient (Wildman–Crippen LogP) is 0.719. The Morgan fingerprint density at radius 2 is 1.77 bits per heavy atom. The monoisotopic (exact) mass is 173 g/mol. The minimum Gasteiger partial charge on any atom is -0.352 e. The normalized spacial score (nSPS) is 58.9. The first kappa shape index (κ1) is 6.41. The first-order valence-corrected chi connectivity index (χ1v) is 5.03. The van der Waals surface area contributed by atoms with E-state index in [2.05, 4.69) is 29.6 Å². The molecule has 2 nitrogen and oxygen atoms in total. The number of amides is 1. The van der Waals surface area contributed by atoms with Crippen LogP contribution in [0.15, 0.2) is 24.3 Å². The van der Waals surface area contributed by atoms with Crippen molar-refractivity contribution in [3.8, 4) is 0 Å². The molecule has 0 spiro atoms. The summed E-state index contributed by atoms with van der Waals surface area (Å²) < 4.78 is 0. The summed E-state index contributed by atoms with van der Waals surface area (Å²) in [6.45, 7) is 0. The average Bonchev–Trinajstić information content (AvgIpc) is 2.79. The third kappa shape index (κ3) is 0.578. The summed E-state index contributed by atoms with van der Waals surface area (Å²) in [6, 6.07) is 0.484. The number of allylic oxidation sites excluding steroid dienone is 4. The summed E-state index contributed by atoms with van der Waals surface area (Å²) in [5.74, 6) is 3.10. The second-order valence-corrected chi connectivity index (χ2v) is 4.64. The second kappa shape index (κ2) is 1.74. The van der Waals surface area contributed by atoms with Crippen molar-refractivity contribution in [1.29, 1.82) is 0 Å². The van der Waals surface area contributed by atoms with Crippen LogP contribution in [-0.2, 0) is 4.79 Å². The molecule has 0 radical (unpaired) electrons. The van der Waals surface area contributed by atoms with E-state index in [4.69, 9.17) is 0 Å². The van der Waals surface area contributed by atoms with E-state index < -0.39 is 0 Å². The van der Waals surface area contributed by atoms with Crippen LogP contribution >= 0.6 is 0 Å². The van der Waals surface area contributed by atoms with E-state index in [-0.39, 0.29) is 11.8 Å². The highest BCUT2D eigenvalue weighted by Crippen LogP contribution is 2.58. The van der Waals surface area contributed by atoms with Crippen molar-refractivity contribution in [3.05, 3.63) is 24.3 Å². The number of rotatable bonds is 0. The van der Waals surface area contributed by atoms with Gasteiger partial charge in [0, 0.05) is 12.0 Å². The highest BCUT2D eigenvalue weighted by Gasteiger charge is 2.62. The van der Waals surface area contributed by atoms with Gasteiger partial charge in [-0.25, -0.2) is 0 Å². The van der Waals surface area contributed by atoms with Gasteiger partial charge in [0.15, 0.2) is 0 Å². The molecule has 5 aliphatic rings. The van der Waals surface area contributed by atoms with Crippen molar-refractivity contribution in [2.24, 2.45) is 29.6 Å². The van der Waals surface area contributed by atoms with Gasteiger partial charge in [0.25, 0.3) is 0 Å². The molecular weight excluding hydrogens is 162 g/mol. The van der Waals surface area contributed by atoms with Crippen LogP contribution in [0.3, 0.4) is 0 Å². The molecule has 1 aliphatic heterocycles. The number of hydrogen-bond acceptors (Lipinski definition) is 1. The summed E-state index contributed by atoms with van der Waals surface area (Å²) in [7, 11) is 0. The maximum absolute atomic E-state index is 11.4. The van der Waals surface area contributed by atoms with Crippen molar-refractivity contribution >= 4 is 5.91 Å². The zero-order valence-corrected chi connectivity index (χ0v) is 7.18. The fourth-order valence-corrected chi connectivity index (χ4v) is 3.36. The zero-order chi connectivity index (χ0) is 8.58. The molecule has 1 saturated carbocycles. The molecule has 1 amide bonds. The number of nitrogens with one attached hydrogen (secondary N) is 1. The minimum absolute atomic E-state index is 0.259. The molecule has 66 valence electrons. The summed E-state index contributed by atoms with van der Waals surface area (Å²) in [5.41, 5.74) is 0. The van der Waals surface area contributed by atoms with E-state index in [9.17, 15) is 4.79 Å². The van der Waals surface area contributed by atoms with Gasteiger partial charge in [0.05, 0.1) is 5.92 Å². The van der Waals surface area contributed by atoms with Crippen LogP contribution in [0.25, 0.3) is 0 Å². The summed E-state index contributed by atoms with van der Waals surface area (Å²) in [5, 5.41) is 3.06. The molecule has 0 aromatic heterocycles. The highest BCUT2D eigenvalue weighted by atomic mass is 16.2. The Kier molecular flexibility index (Phi) is 0.859. The molecule has 2 unspecified atom stereocenters. The van der Waals surface area contributed by atoms with Gasteiger partial charge >= 0.3 is 0 Å². The molecule has 2 fully saturated rings. The summed E-state index contributed by atoms with van der Waals surface area (Å²) >= 11 is 0. The zero-order valence-electron chi connectivity index (χ0n) is 7.18. The molecule has 0 aromatic rings. The quantitative estimate of drug-likeness (QED) is 0.424. The first-order chi connectivity index (χ1) is 6.36. The lowest BCUT2D eigenvalue weighted by Gasteiger charge is -2.39. The van der Waals surface area contributed by atoms with Gasteiger partial charge in [0.1, 0.15) is 0 Å². The Morgan fingerprint density at radius 3 is 2.38 bits per heavy atom. The SMILES string of the molecule is O=C1N[C@H]2C3[C@H]4C=CC(C=C[C@@H]34)[C@H]12. The van der Waals surface area contributed by atoms with Gasteiger partial charge in [-0.2, -0.15) is 0 Å². The van der Waals surface area contributed by atoms with E-state index >= 15 is 0 Å². The van der Waals surface area contributed by atoms with E-state index in [0.29, 0.717) is 12.0 Å². The standard InChI is InChI=1S/C11H11NO/c13-11-8-5-1-3-6-7(4-2-5)9(6)10(8)12-11/h1-10H,(H,12,13)/t5?,6-,7+,8-,9?,10+/m0/s1. The van der Waals surface area contributed by atoms with E-state index in [1.807, 2.05) is 0 Å². The van der Waals surface area contributed by atoms with Crippen LogP contribution in [0.4, 0.5) is 0 Å². The molecule has 0 aromatic carbocycles. The summed E-state index contributed by atoms with van der Waals surface area (Å²) in [4.78, 5) is 11.4. The lowest BCUT2D eigenvalue weighted by atomic mass is 9.78. The molecule has 5 rings (SSSR count). The number of carbonyl (C=O) groups excluding carboxylic acids is 1. The van der Waals surface area contributed by atoms with Gasteiger partial charge in [-0.3, -0.25) is 4.79 Å². The molecule has 4 aliphatic carbocycles. The van der Waals surface area contributed by atoms with E-state index in [0.717, 1.165) is 17.8 Å². The molecule has 2 heteroatoms. The number of β-lactam (4-membered cyclic amide) rings is 1. The van der Waals surface area contributed by atoms with Crippen molar-refractivity contribution < 1.29 is 4.79 Å². The van der Waals surface area contributed by atoms with Crippen molar-refractivity contribution in [2.45, 2.75) is 6.04 Å². The maximum Gasteiger partial charge on any atom is 0.226 e. The van der Waals surface area contributed by atoms with Crippen LogP contribution in [0, 0.1) is 29.6 Å². The van der Waals surface area contributed by atoms with Crippen molar-refractivity contribution in [1.82, 2.24) is 5.32 Å². The highest BCUT2D eigenvalue weighted by molar-refractivity contribution is 5.87. The first-order valence-electron chi connectivity index (χ1n) is 5.03. The van der Waals surface area contributed by atoms with Crippen LogP contribution in [0.5, 0.6) is 0 Å². The van der Waals surface area contributed by atoms with Crippen LogP contribution < -0.4 is 5.32 Å². The van der Waals surface area contributed by atoms with E-state index in [1.165, 1.54) is 0 Å². The van der Waals surface area contributed by atoms with Crippen LogP contribution in [-0.4, -0.2) is 11.9 Å². The second-order valence-electron chi connectivity index (χ2n) is 4.64. The van der Waals surface area contributed by atoms with Crippen molar-refractivity contribution in [2.75, 3.05) is 0 Å². The molecule has 1 heterocycles. The average molecular weight is 173 g/mol. The molecule has 4 bridgehead atoms. The molecule has 6 atom stereocenters. The summed E-state index contributed by atoms with van der Waals surface area (Å²) in [6.07, 6.45) is 9.13. The molecule has 1 N–H and O–H groups in total. The Balaban J connectivity index is 1.87. The van der Waals surface area contributed by atoms with Gasteiger partial charge in [-0.15, -0.1) is 0 Å². The Bertz CT molecular complexity index is 337. The Morgan fingerprint density at radius 1 is 1.08 bits per heavy atom. The minimum atomic E-state index is 0.259. The Labute approximate surface area is 76.7 Å². The van der Waals surface area contributed by atoms with Crippen molar-refractivity contribution in [3.63, 3.8) is 0 Å². The van der Waals surface area contributed by atoms with Gasteiger partial charge < -0.3 is 5.32 Å². The number of carbonyl (C=O) groups is 1. The fourth-order valence-electron chi connectivity index (χ4n) is 3.36. The molecule has 1 saturated heterocycles. The topological polar surface area (TPSA) is 29.1 Å². The maximum atomic E-state index is 11.4. The number of hydrogen-bond donors (Lipinski definition) is 1.